The Hall–Kier alpha value is -3.07. The highest BCUT2D eigenvalue weighted by molar-refractivity contribution is 5.95. The normalized spacial score (nSPS) is 11.2. The number of rotatable bonds is 5. The lowest BCUT2D eigenvalue weighted by Crippen LogP contribution is -2.43. The van der Waals surface area contributed by atoms with Crippen molar-refractivity contribution in [1.29, 1.82) is 0 Å². The lowest BCUT2D eigenvalue weighted by atomic mass is 9.68. The van der Waals surface area contributed by atoms with Crippen molar-refractivity contribution in [1.82, 2.24) is 0 Å². The molecular weight excluding hydrogens is 310 g/mol. The number of carbonyl (C=O) groups is 1. The van der Waals surface area contributed by atoms with E-state index < -0.39 is 11.3 Å². The number of benzene rings is 3. The van der Waals surface area contributed by atoms with Crippen molar-refractivity contribution in [3.8, 4) is 5.75 Å². The van der Waals surface area contributed by atoms with Gasteiger partial charge >= 0.3 is 0 Å². The van der Waals surface area contributed by atoms with Gasteiger partial charge in [-0.2, -0.15) is 0 Å². The molecular formula is C22H20NO2. The third-order valence-electron chi connectivity index (χ3n) is 4.54. The van der Waals surface area contributed by atoms with Gasteiger partial charge in [0.05, 0.1) is 0 Å². The molecule has 0 heterocycles. The van der Waals surface area contributed by atoms with Gasteiger partial charge in [-0.1, -0.05) is 72.8 Å². The Balaban J connectivity index is 2.43. The van der Waals surface area contributed by atoms with Crippen molar-refractivity contribution in [3.63, 3.8) is 0 Å². The third-order valence-corrected chi connectivity index (χ3v) is 4.54. The Morgan fingerprint density at radius 1 is 0.920 bits per heavy atom. The molecule has 1 radical (unpaired) electrons. The molecule has 3 rings (SSSR count). The molecule has 0 saturated heterocycles. The molecule has 125 valence electrons. The number of carbonyl (C=O) groups excluding carboxylic acids is 1. The van der Waals surface area contributed by atoms with Crippen molar-refractivity contribution < 1.29 is 9.90 Å². The number of nitrogens with two attached hydrogens (primary N) is 1. The molecule has 0 aliphatic rings. The van der Waals surface area contributed by atoms with Crippen LogP contribution in [0.5, 0.6) is 5.75 Å². The minimum atomic E-state index is -1.28. The first kappa shape index (κ1) is 16.8. The van der Waals surface area contributed by atoms with E-state index in [1.54, 1.807) is 12.1 Å². The van der Waals surface area contributed by atoms with Crippen molar-refractivity contribution in [2.75, 3.05) is 0 Å². The molecule has 0 fully saturated rings. The van der Waals surface area contributed by atoms with Gasteiger partial charge < -0.3 is 10.8 Å². The van der Waals surface area contributed by atoms with Crippen LogP contribution in [-0.4, -0.2) is 11.0 Å². The molecule has 3 nitrogen and oxygen atoms in total. The van der Waals surface area contributed by atoms with E-state index in [9.17, 15) is 9.90 Å². The standard InChI is InChI=1S/C22H20NO2/c1-2-16-13-14-20(24)19(15-16)22(21(23)25,17-9-5-3-6-10-17)18-11-7-4-8-12-18/h3-15,24H,1-2H2,(H2,23,25). The fourth-order valence-electron chi connectivity index (χ4n) is 3.31. The molecule has 0 spiro atoms. The lowest BCUT2D eigenvalue weighted by Gasteiger charge is -2.33. The maximum absolute atomic E-state index is 12.9. The van der Waals surface area contributed by atoms with Crippen LogP contribution in [0.15, 0.2) is 78.9 Å². The van der Waals surface area contributed by atoms with Crippen LogP contribution in [-0.2, 0) is 16.6 Å². The molecule has 3 aromatic carbocycles. The quantitative estimate of drug-likeness (QED) is 0.702. The molecule has 3 heteroatoms. The largest absolute Gasteiger partial charge is 0.508 e. The molecule has 0 bridgehead atoms. The van der Waals surface area contributed by atoms with E-state index in [0.29, 0.717) is 23.1 Å². The van der Waals surface area contributed by atoms with Crippen LogP contribution in [0.25, 0.3) is 0 Å². The molecule has 0 unspecified atom stereocenters. The molecule has 0 aromatic heterocycles. The SMILES string of the molecule is [CH2]Cc1ccc(O)c(C(C(N)=O)(c2ccccc2)c2ccccc2)c1. The molecule has 3 N–H and O–H groups in total. The summed E-state index contributed by atoms with van der Waals surface area (Å²) >= 11 is 0. The van der Waals surface area contributed by atoms with Gasteiger partial charge in [-0.25, -0.2) is 0 Å². The Kier molecular flexibility index (Phi) is 4.57. The number of amides is 1. The Labute approximate surface area is 147 Å². The van der Waals surface area contributed by atoms with Crippen LogP contribution in [0.4, 0.5) is 0 Å². The predicted molar refractivity (Wildman–Crippen MR) is 99.1 cm³/mol. The summed E-state index contributed by atoms with van der Waals surface area (Å²) in [5, 5.41) is 10.6. The predicted octanol–water partition coefficient (Wildman–Crippen LogP) is 3.59. The lowest BCUT2D eigenvalue weighted by molar-refractivity contribution is -0.121. The highest BCUT2D eigenvalue weighted by atomic mass is 16.3. The summed E-state index contributed by atoms with van der Waals surface area (Å²) in [6, 6.07) is 23.8. The maximum atomic E-state index is 12.9. The number of phenolic OH excluding ortho intramolecular Hbond substituents is 1. The molecule has 0 aliphatic carbocycles. The average molecular weight is 330 g/mol. The highest BCUT2D eigenvalue weighted by Crippen LogP contribution is 2.43. The van der Waals surface area contributed by atoms with E-state index in [4.69, 9.17) is 5.73 Å². The third kappa shape index (κ3) is 2.78. The topological polar surface area (TPSA) is 63.3 Å². The molecule has 1 amide bonds. The van der Waals surface area contributed by atoms with Gasteiger partial charge in [0.1, 0.15) is 11.2 Å². The van der Waals surface area contributed by atoms with E-state index in [1.807, 2.05) is 66.7 Å². The highest BCUT2D eigenvalue weighted by Gasteiger charge is 2.44. The van der Waals surface area contributed by atoms with Crippen LogP contribution in [0.3, 0.4) is 0 Å². The summed E-state index contributed by atoms with van der Waals surface area (Å²) in [7, 11) is 0. The van der Waals surface area contributed by atoms with Crippen LogP contribution in [0.2, 0.25) is 0 Å². The van der Waals surface area contributed by atoms with E-state index in [2.05, 4.69) is 6.92 Å². The monoisotopic (exact) mass is 330 g/mol. The van der Waals surface area contributed by atoms with E-state index >= 15 is 0 Å². The first-order chi connectivity index (χ1) is 12.1. The van der Waals surface area contributed by atoms with E-state index in [-0.39, 0.29) is 5.75 Å². The summed E-state index contributed by atoms with van der Waals surface area (Å²) in [6.07, 6.45) is 0.547. The van der Waals surface area contributed by atoms with E-state index in [1.165, 1.54) is 0 Å². The molecule has 0 atom stereocenters. The summed E-state index contributed by atoms with van der Waals surface area (Å²) in [6.45, 7) is 3.90. The summed E-state index contributed by atoms with van der Waals surface area (Å²) in [4.78, 5) is 12.9. The number of hydrogen-bond acceptors (Lipinski definition) is 2. The molecule has 0 aliphatic heterocycles. The second kappa shape index (κ2) is 6.81. The molecule has 0 saturated carbocycles. The number of phenols is 1. The van der Waals surface area contributed by atoms with Gasteiger partial charge in [0.25, 0.3) is 0 Å². The maximum Gasteiger partial charge on any atom is 0.237 e. The average Bonchev–Trinajstić information content (AvgIpc) is 2.65. The number of primary amides is 1. The fourth-order valence-corrected chi connectivity index (χ4v) is 3.31. The number of aromatic hydroxyl groups is 1. The Bertz CT molecular complexity index is 834. The minimum absolute atomic E-state index is 0.0312. The van der Waals surface area contributed by atoms with E-state index in [0.717, 1.165) is 5.56 Å². The van der Waals surface area contributed by atoms with Crippen LogP contribution in [0.1, 0.15) is 22.3 Å². The smallest absolute Gasteiger partial charge is 0.237 e. The van der Waals surface area contributed by atoms with Gasteiger partial charge in [0.2, 0.25) is 5.91 Å². The zero-order valence-electron chi connectivity index (χ0n) is 13.9. The van der Waals surface area contributed by atoms with Crippen LogP contribution < -0.4 is 5.73 Å². The minimum Gasteiger partial charge on any atom is -0.508 e. The Morgan fingerprint density at radius 3 is 1.88 bits per heavy atom. The first-order valence-corrected chi connectivity index (χ1v) is 8.13. The van der Waals surface area contributed by atoms with Crippen molar-refractivity contribution in [2.24, 2.45) is 5.73 Å². The second-order valence-corrected chi connectivity index (χ2v) is 5.95. The van der Waals surface area contributed by atoms with Gasteiger partial charge in [-0.15, -0.1) is 0 Å². The fraction of sp³-hybridized carbons (Fsp3) is 0.0909. The number of hydrogen-bond donors (Lipinski definition) is 2. The van der Waals surface area contributed by atoms with Crippen molar-refractivity contribution in [3.05, 3.63) is 108 Å². The summed E-state index contributed by atoms with van der Waals surface area (Å²) in [5.41, 5.74) is 7.50. The van der Waals surface area contributed by atoms with Crippen LogP contribution >= 0.6 is 0 Å². The zero-order valence-corrected chi connectivity index (χ0v) is 13.9. The summed E-state index contributed by atoms with van der Waals surface area (Å²) in [5.74, 6) is -0.509. The molecule has 3 aromatic rings. The van der Waals surface area contributed by atoms with Crippen LogP contribution in [0, 0.1) is 6.92 Å². The Morgan fingerprint density at radius 2 is 1.44 bits per heavy atom. The van der Waals surface area contributed by atoms with Crippen molar-refractivity contribution in [2.45, 2.75) is 11.8 Å². The second-order valence-electron chi connectivity index (χ2n) is 5.95. The zero-order chi connectivity index (χ0) is 17.9. The van der Waals surface area contributed by atoms with Gasteiger partial charge in [0.15, 0.2) is 0 Å². The molecule has 25 heavy (non-hydrogen) atoms. The van der Waals surface area contributed by atoms with Gasteiger partial charge in [-0.3, -0.25) is 4.79 Å². The summed E-state index contributed by atoms with van der Waals surface area (Å²) < 4.78 is 0. The van der Waals surface area contributed by atoms with Crippen molar-refractivity contribution >= 4 is 5.91 Å². The van der Waals surface area contributed by atoms with Gasteiger partial charge in [-0.05, 0) is 36.1 Å². The van der Waals surface area contributed by atoms with Gasteiger partial charge in [0, 0.05) is 5.56 Å². The first-order valence-electron chi connectivity index (χ1n) is 8.13.